The van der Waals surface area contributed by atoms with E-state index < -0.39 is 8.07 Å². The molecule has 1 aromatic rings. The lowest BCUT2D eigenvalue weighted by molar-refractivity contribution is -0.141. The second kappa shape index (κ2) is 5.87. The molecule has 0 spiro atoms. The second-order valence-corrected chi connectivity index (χ2v) is 14.7. The third-order valence-corrected chi connectivity index (χ3v) is 15.3. The fourth-order valence-electron chi connectivity index (χ4n) is 6.63. The van der Waals surface area contributed by atoms with Gasteiger partial charge in [0.05, 0.1) is 28.7 Å². The van der Waals surface area contributed by atoms with Crippen molar-refractivity contribution in [1.29, 1.82) is 0 Å². The van der Waals surface area contributed by atoms with Gasteiger partial charge in [0, 0.05) is 5.04 Å². The minimum Gasteiger partial charge on any atom is -0.497 e. The molecule has 0 radical (unpaired) electrons. The number of carbonyl (C=O) groups excluding carboxylic acids is 1. The van der Waals surface area contributed by atoms with Crippen LogP contribution in [0.25, 0.3) is 0 Å². The summed E-state index contributed by atoms with van der Waals surface area (Å²) < 4.78 is 10.7. The van der Waals surface area contributed by atoms with E-state index in [1.54, 1.807) is 7.11 Å². The van der Waals surface area contributed by atoms with Gasteiger partial charge in [-0.1, -0.05) is 40.7 Å². The monoisotopic (exact) mass is 360 g/mol. The van der Waals surface area contributed by atoms with Crippen molar-refractivity contribution >= 4 is 14.0 Å². The van der Waals surface area contributed by atoms with Crippen LogP contribution in [0, 0.1) is 0 Å². The maximum absolute atomic E-state index is 12.5. The normalized spacial score (nSPS) is 29.2. The number of ether oxygens (including phenoxy) is 2. The van der Waals surface area contributed by atoms with Crippen molar-refractivity contribution in [3.05, 3.63) is 29.3 Å². The van der Waals surface area contributed by atoms with Gasteiger partial charge in [-0.05, 0) is 52.2 Å². The van der Waals surface area contributed by atoms with Crippen LogP contribution in [0.5, 0.6) is 5.75 Å². The molecule has 2 unspecified atom stereocenters. The third-order valence-electron chi connectivity index (χ3n) is 7.39. The highest BCUT2D eigenvalue weighted by atomic mass is 28.3. The number of fused-ring (bicyclic) bond motifs is 5. The predicted molar refractivity (Wildman–Crippen MR) is 104 cm³/mol. The van der Waals surface area contributed by atoms with E-state index in [-0.39, 0.29) is 16.4 Å². The van der Waals surface area contributed by atoms with Gasteiger partial charge in [0.15, 0.2) is 0 Å². The molecular formula is C21H32O3Si. The first-order chi connectivity index (χ1) is 11.7. The van der Waals surface area contributed by atoms with Crippen LogP contribution in [0.15, 0.2) is 18.2 Å². The molecule has 2 atom stereocenters. The van der Waals surface area contributed by atoms with E-state index in [0.29, 0.717) is 17.5 Å². The number of rotatable bonds is 5. The molecule has 1 aliphatic heterocycles. The minimum absolute atomic E-state index is 0.0151. The molecule has 0 saturated carbocycles. The van der Waals surface area contributed by atoms with Crippen LogP contribution in [0.2, 0.25) is 17.1 Å². The highest BCUT2D eigenvalue weighted by Crippen LogP contribution is 2.71. The first-order valence-corrected chi connectivity index (χ1v) is 11.8. The van der Waals surface area contributed by atoms with E-state index in [9.17, 15) is 4.79 Å². The third kappa shape index (κ3) is 2.26. The van der Waals surface area contributed by atoms with E-state index in [0.717, 1.165) is 12.2 Å². The summed E-state index contributed by atoms with van der Waals surface area (Å²) in [6, 6.07) is 7.79. The Hall–Kier alpha value is -1.29. The van der Waals surface area contributed by atoms with Crippen LogP contribution in [-0.2, 0) is 20.0 Å². The molecule has 2 aliphatic rings. The highest BCUT2D eigenvalue weighted by Gasteiger charge is 2.71. The Labute approximate surface area is 153 Å². The SMILES string of the molecule is COC(=O)CC12CC(C)(C[Si]1(C(C)C)C(C)C)c1cc(OC)ccc12. The molecule has 2 bridgehead atoms. The molecule has 0 aromatic heterocycles. The van der Waals surface area contributed by atoms with Crippen LogP contribution in [0.3, 0.4) is 0 Å². The lowest BCUT2D eigenvalue weighted by Crippen LogP contribution is -2.58. The molecule has 1 heterocycles. The molecule has 0 N–H and O–H groups in total. The van der Waals surface area contributed by atoms with Gasteiger partial charge in [0.1, 0.15) is 5.75 Å². The molecule has 3 nitrogen and oxygen atoms in total. The number of methoxy groups -OCH3 is 2. The van der Waals surface area contributed by atoms with Gasteiger partial charge in [0.25, 0.3) is 0 Å². The molecular weight excluding hydrogens is 328 g/mol. The van der Waals surface area contributed by atoms with Crippen molar-refractivity contribution < 1.29 is 14.3 Å². The van der Waals surface area contributed by atoms with Crippen molar-refractivity contribution in [3.8, 4) is 5.75 Å². The van der Waals surface area contributed by atoms with Gasteiger partial charge in [0.2, 0.25) is 0 Å². The Morgan fingerprint density at radius 1 is 1.16 bits per heavy atom. The molecule has 25 heavy (non-hydrogen) atoms. The first-order valence-electron chi connectivity index (χ1n) is 9.42. The Kier molecular flexibility index (Phi) is 4.34. The van der Waals surface area contributed by atoms with Crippen molar-refractivity contribution in [1.82, 2.24) is 0 Å². The maximum Gasteiger partial charge on any atom is 0.306 e. The van der Waals surface area contributed by atoms with Gasteiger partial charge in [-0.15, -0.1) is 0 Å². The highest BCUT2D eigenvalue weighted by molar-refractivity contribution is 6.86. The fraction of sp³-hybridized carbons (Fsp3) is 0.667. The Balaban J connectivity index is 2.28. The molecule has 1 saturated heterocycles. The minimum atomic E-state index is -1.79. The number of benzene rings is 1. The van der Waals surface area contributed by atoms with Crippen LogP contribution in [0.4, 0.5) is 0 Å². The lowest BCUT2D eigenvalue weighted by atomic mass is 9.85. The average molecular weight is 361 g/mol. The summed E-state index contributed by atoms with van der Waals surface area (Å²) in [5.41, 5.74) is 4.23. The van der Waals surface area contributed by atoms with Crippen LogP contribution < -0.4 is 4.74 Å². The van der Waals surface area contributed by atoms with Crippen LogP contribution in [0.1, 0.15) is 58.6 Å². The van der Waals surface area contributed by atoms with E-state index in [1.165, 1.54) is 24.3 Å². The molecule has 1 fully saturated rings. The standard InChI is InChI=1S/C21H32O3Si/c1-14(2)25(15(3)4)13-20(5)12-21(25,11-19(22)24-7)17-9-8-16(23-6)10-18(17)20/h8-10,14-15H,11-13H2,1-7H3. The number of carbonyl (C=O) groups is 1. The topological polar surface area (TPSA) is 35.5 Å². The van der Waals surface area contributed by atoms with Crippen molar-refractivity contribution in [3.63, 3.8) is 0 Å². The zero-order valence-electron chi connectivity index (χ0n) is 16.7. The van der Waals surface area contributed by atoms with Gasteiger partial charge < -0.3 is 9.47 Å². The quantitative estimate of drug-likeness (QED) is 0.549. The van der Waals surface area contributed by atoms with Crippen molar-refractivity contribution in [2.24, 2.45) is 0 Å². The zero-order valence-corrected chi connectivity index (χ0v) is 17.7. The van der Waals surface area contributed by atoms with Crippen molar-refractivity contribution in [2.75, 3.05) is 14.2 Å². The summed E-state index contributed by atoms with van der Waals surface area (Å²) in [5.74, 6) is 0.855. The van der Waals surface area contributed by atoms with Gasteiger partial charge in [-0.3, -0.25) is 4.79 Å². The lowest BCUT2D eigenvalue weighted by Gasteiger charge is -2.52. The summed E-state index contributed by atoms with van der Waals surface area (Å²) in [6.07, 6.45) is 1.61. The van der Waals surface area contributed by atoms with Crippen LogP contribution >= 0.6 is 0 Å². The largest absolute Gasteiger partial charge is 0.497 e. The summed E-state index contributed by atoms with van der Waals surface area (Å²) >= 11 is 0. The van der Waals surface area contributed by atoms with Gasteiger partial charge >= 0.3 is 5.97 Å². The molecule has 1 aliphatic carbocycles. The molecule has 0 amide bonds. The number of hydrogen-bond acceptors (Lipinski definition) is 3. The van der Waals surface area contributed by atoms with E-state index in [4.69, 9.17) is 9.47 Å². The first kappa shape index (κ1) is 18.5. The Morgan fingerprint density at radius 2 is 1.80 bits per heavy atom. The molecule has 3 rings (SSSR count). The summed E-state index contributed by atoms with van der Waals surface area (Å²) in [5, 5.41) is -0.0151. The fourth-order valence-corrected chi connectivity index (χ4v) is 14.8. The summed E-state index contributed by atoms with van der Waals surface area (Å²) in [6.45, 7) is 12.0. The maximum atomic E-state index is 12.5. The molecule has 4 heteroatoms. The van der Waals surface area contributed by atoms with Crippen LogP contribution in [-0.4, -0.2) is 28.3 Å². The molecule has 138 valence electrons. The number of esters is 1. The Bertz CT molecular complexity index is 688. The van der Waals surface area contributed by atoms with Gasteiger partial charge in [-0.2, -0.15) is 0 Å². The zero-order chi connectivity index (χ0) is 18.6. The summed E-state index contributed by atoms with van der Waals surface area (Å²) in [4.78, 5) is 12.5. The van der Waals surface area contributed by atoms with E-state index in [2.05, 4.69) is 52.8 Å². The van der Waals surface area contributed by atoms with Crippen molar-refractivity contribution in [2.45, 2.75) is 75.0 Å². The molecule has 1 aromatic carbocycles. The van der Waals surface area contributed by atoms with E-state index >= 15 is 0 Å². The van der Waals surface area contributed by atoms with E-state index in [1.807, 2.05) is 0 Å². The smallest absolute Gasteiger partial charge is 0.306 e. The number of hydrogen-bond donors (Lipinski definition) is 0. The van der Waals surface area contributed by atoms with Gasteiger partial charge in [-0.25, -0.2) is 0 Å². The average Bonchev–Trinajstić information content (AvgIpc) is 2.98. The second-order valence-electron chi connectivity index (χ2n) is 9.01. The predicted octanol–water partition coefficient (Wildman–Crippen LogP) is 4.98. The Morgan fingerprint density at radius 3 is 2.32 bits per heavy atom. The summed E-state index contributed by atoms with van der Waals surface area (Å²) in [7, 11) is 1.45.